The number of benzene rings is 2. The maximum atomic E-state index is 13.2. The molecule has 1 saturated carbocycles. The van der Waals surface area contributed by atoms with Gasteiger partial charge in [0.1, 0.15) is 11.2 Å². The summed E-state index contributed by atoms with van der Waals surface area (Å²) in [6.45, 7) is 1.83. The first kappa shape index (κ1) is 22.3. The molecule has 1 aliphatic rings. The number of anilines is 1. The van der Waals surface area contributed by atoms with Crippen LogP contribution in [0.2, 0.25) is 0 Å². The van der Waals surface area contributed by atoms with Crippen LogP contribution in [0, 0.1) is 5.41 Å². The highest BCUT2D eigenvalue weighted by Crippen LogP contribution is 2.38. The Bertz CT molecular complexity index is 952. The number of methoxy groups -OCH3 is 1. The number of ether oxygens (including phenoxy) is 2. The molecule has 1 aliphatic carbocycles. The Morgan fingerprint density at radius 3 is 2.39 bits per heavy atom. The van der Waals surface area contributed by atoms with E-state index in [-0.39, 0.29) is 24.8 Å². The van der Waals surface area contributed by atoms with Crippen LogP contribution >= 0.6 is 0 Å². The molecule has 0 radical (unpaired) electrons. The number of hydrogen-bond donors (Lipinski definition) is 0. The number of amides is 1. The predicted molar refractivity (Wildman–Crippen MR) is 119 cm³/mol. The Balaban J connectivity index is 1.96. The number of esters is 1. The second-order valence-electron chi connectivity index (χ2n) is 7.45. The summed E-state index contributed by atoms with van der Waals surface area (Å²) in [4.78, 5) is 40.3. The zero-order valence-electron chi connectivity index (χ0n) is 17.9. The van der Waals surface area contributed by atoms with E-state index in [1.165, 1.54) is 11.0 Å². The number of carbonyl (C=O) groups is 3. The third-order valence-electron chi connectivity index (χ3n) is 5.50. The highest BCUT2D eigenvalue weighted by Gasteiger charge is 2.51. The summed E-state index contributed by atoms with van der Waals surface area (Å²) < 4.78 is 10.5. The molecule has 1 amide bonds. The molecule has 1 fully saturated rings. The van der Waals surface area contributed by atoms with Crippen molar-refractivity contribution in [2.75, 3.05) is 25.2 Å². The van der Waals surface area contributed by atoms with Crippen LogP contribution in [0.5, 0.6) is 5.75 Å². The molecular weight excluding hydrogens is 394 g/mol. The van der Waals surface area contributed by atoms with E-state index in [4.69, 9.17) is 9.47 Å². The summed E-state index contributed by atoms with van der Waals surface area (Å²) in [5.74, 6) is -0.412. The Kier molecular flexibility index (Phi) is 7.23. The van der Waals surface area contributed by atoms with Crippen LogP contribution in [0.4, 0.5) is 5.69 Å². The maximum absolute atomic E-state index is 13.2. The van der Waals surface area contributed by atoms with Crippen molar-refractivity contribution < 1.29 is 23.9 Å². The predicted octanol–water partition coefficient (Wildman–Crippen LogP) is 4.04. The molecule has 0 spiro atoms. The van der Waals surface area contributed by atoms with Gasteiger partial charge in [0.2, 0.25) is 0 Å². The SMILES string of the molecule is CCOC(=O)C1(CN(C(=O)/C=C/c2ccccc2)c2ccc(OC)cc2)CCCC1=O. The van der Waals surface area contributed by atoms with Crippen molar-refractivity contribution in [3.63, 3.8) is 0 Å². The van der Waals surface area contributed by atoms with Crippen molar-refractivity contribution in [3.8, 4) is 5.75 Å². The lowest BCUT2D eigenvalue weighted by molar-refractivity contribution is -0.158. The molecule has 162 valence electrons. The van der Waals surface area contributed by atoms with E-state index < -0.39 is 11.4 Å². The zero-order chi connectivity index (χ0) is 22.3. The molecule has 1 atom stereocenters. The summed E-state index contributed by atoms with van der Waals surface area (Å²) in [7, 11) is 1.56. The van der Waals surface area contributed by atoms with E-state index in [9.17, 15) is 14.4 Å². The largest absolute Gasteiger partial charge is 0.497 e. The molecule has 0 heterocycles. The molecule has 2 aromatic rings. The monoisotopic (exact) mass is 421 g/mol. The minimum absolute atomic E-state index is 0.0606. The lowest BCUT2D eigenvalue weighted by Crippen LogP contribution is -2.48. The molecular formula is C25H27NO5. The third kappa shape index (κ3) is 5.02. The van der Waals surface area contributed by atoms with E-state index >= 15 is 0 Å². The van der Waals surface area contributed by atoms with Crippen molar-refractivity contribution in [1.82, 2.24) is 0 Å². The maximum Gasteiger partial charge on any atom is 0.321 e. The first-order valence-corrected chi connectivity index (χ1v) is 10.4. The van der Waals surface area contributed by atoms with Crippen molar-refractivity contribution in [2.45, 2.75) is 26.2 Å². The van der Waals surface area contributed by atoms with Crippen LogP contribution < -0.4 is 9.64 Å². The topological polar surface area (TPSA) is 72.9 Å². The Morgan fingerprint density at radius 1 is 1.10 bits per heavy atom. The van der Waals surface area contributed by atoms with Gasteiger partial charge in [0.25, 0.3) is 5.91 Å². The lowest BCUT2D eigenvalue weighted by atomic mass is 9.84. The molecule has 1 unspecified atom stereocenters. The van der Waals surface area contributed by atoms with Crippen LogP contribution in [0.25, 0.3) is 6.08 Å². The van der Waals surface area contributed by atoms with Gasteiger partial charge >= 0.3 is 5.97 Å². The first-order chi connectivity index (χ1) is 15.0. The van der Waals surface area contributed by atoms with Gasteiger partial charge < -0.3 is 14.4 Å². The summed E-state index contributed by atoms with van der Waals surface area (Å²) in [6.07, 6.45) is 4.45. The van der Waals surface area contributed by atoms with Gasteiger partial charge in [-0.25, -0.2) is 0 Å². The average Bonchev–Trinajstić information content (AvgIpc) is 3.18. The molecule has 0 N–H and O–H groups in total. The van der Waals surface area contributed by atoms with Gasteiger partial charge in [0.15, 0.2) is 5.78 Å². The summed E-state index contributed by atoms with van der Waals surface area (Å²) >= 11 is 0. The summed E-state index contributed by atoms with van der Waals surface area (Å²) in [5, 5.41) is 0. The third-order valence-corrected chi connectivity index (χ3v) is 5.50. The summed E-state index contributed by atoms with van der Waals surface area (Å²) in [6, 6.07) is 16.4. The highest BCUT2D eigenvalue weighted by atomic mass is 16.5. The number of carbonyl (C=O) groups excluding carboxylic acids is 3. The van der Waals surface area contributed by atoms with Crippen LogP contribution in [0.3, 0.4) is 0 Å². The van der Waals surface area contributed by atoms with Crippen LogP contribution in [0.1, 0.15) is 31.7 Å². The molecule has 0 bridgehead atoms. The lowest BCUT2D eigenvalue weighted by Gasteiger charge is -2.32. The van der Waals surface area contributed by atoms with Crippen molar-refractivity contribution in [1.29, 1.82) is 0 Å². The van der Waals surface area contributed by atoms with Gasteiger partial charge in [-0.2, -0.15) is 0 Å². The van der Waals surface area contributed by atoms with Crippen LogP contribution in [0.15, 0.2) is 60.7 Å². The van der Waals surface area contributed by atoms with E-state index in [1.54, 1.807) is 44.4 Å². The standard InChI is InChI=1S/C25H27NO5/c1-3-31-24(29)25(17-7-10-22(25)27)18-26(20-12-14-21(30-2)15-13-20)23(28)16-11-19-8-5-4-6-9-19/h4-6,8-9,11-16H,3,7,10,17-18H2,1-2H3/b16-11+. The molecule has 0 aromatic heterocycles. The van der Waals surface area contributed by atoms with Gasteiger partial charge in [-0.05, 0) is 55.7 Å². The number of Topliss-reactive ketones (excluding diaryl/α,β-unsaturated/α-hetero) is 1. The fourth-order valence-corrected chi connectivity index (χ4v) is 3.80. The molecule has 6 heteroatoms. The Hall–Kier alpha value is -3.41. The smallest absolute Gasteiger partial charge is 0.321 e. The molecule has 0 saturated heterocycles. The second-order valence-corrected chi connectivity index (χ2v) is 7.45. The number of ketones is 1. The number of hydrogen-bond acceptors (Lipinski definition) is 5. The molecule has 31 heavy (non-hydrogen) atoms. The normalized spacial score (nSPS) is 18.2. The zero-order valence-corrected chi connectivity index (χ0v) is 17.9. The van der Waals surface area contributed by atoms with Crippen LogP contribution in [-0.4, -0.2) is 37.9 Å². The number of rotatable bonds is 8. The van der Waals surface area contributed by atoms with Crippen molar-refractivity contribution in [2.24, 2.45) is 5.41 Å². The van der Waals surface area contributed by atoms with Crippen LogP contribution in [-0.2, 0) is 19.1 Å². The quantitative estimate of drug-likeness (QED) is 0.365. The Morgan fingerprint density at radius 2 is 1.81 bits per heavy atom. The molecule has 6 nitrogen and oxygen atoms in total. The van der Waals surface area contributed by atoms with Gasteiger partial charge in [-0.3, -0.25) is 14.4 Å². The molecule has 3 rings (SSSR count). The fraction of sp³-hybridized carbons (Fsp3) is 0.320. The summed E-state index contributed by atoms with van der Waals surface area (Å²) in [5.41, 5.74) is 0.112. The first-order valence-electron chi connectivity index (χ1n) is 10.4. The van der Waals surface area contributed by atoms with Gasteiger partial charge in [0, 0.05) is 24.7 Å². The van der Waals surface area contributed by atoms with E-state index in [2.05, 4.69) is 0 Å². The minimum Gasteiger partial charge on any atom is -0.497 e. The van der Waals surface area contributed by atoms with Gasteiger partial charge in [-0.15, -0.1) is 0 Å². The molecule has 0 aliphatic heterocycles. The number of nitrogens with zero attached hydrogens (tertiary/aromatic N) is 1. The average molecular weight is 421 g/mol. The second kappa shape index (κ2) is 10.1. The molecule has 2 aromatic carbocycles. The minimum atomic E-state index is -1.34. The van der Waals surface area contributed by atoms with Crippen molar-refractivity contribution >= 4 is 29.4 Å². The highest BCUT2D eigenvalue weighted by molar-refractivity contribution is 6.09. The van der Waals surface area contributed by atoms with E-state index in [0.29, 0.717) is 30.7 Å². The van der Waals surface area contributed by atoms with Crippen molar-refractivity contribution in [3.05, 3.63) is 66.2 Å². The van der Waals surface area contributed by atoms with Gasteiger partial charge in [-0.1, -0.05) is 30.3 Å². The van der Waals surface area contributed by atoms with E-state index in [1.807, 2.05) is 30.3 Å². The van der Waals surface area contributed by atoms with E-state index in [0.717, 1.165) is 5.56 Å². The Labute approximate surface area is 182 Å². The van der Waals surface area contributed by atoms with Gasteiger partial charge in [0.05, 0.1) is 13.7 Å². The fourth-order valence-electron chi connectivity index (χ4n) is 3.80.